The molecule has 118 valence electrons. The Labute approximate surface area is 130 Å². The molecule has 0 saturated carbocycles. The normalized spacial score (nSPS) is 17.6. The Morgan fingerprint density at radius 2 is 1.68 bits per heavy atom. The van der Waals surface area contributed by atoms with Gasteiger partial charge in [-0.15, -0.1) is 0 Å². The highest BCUT2D eigenvalue weighted by Gasteiger charge is 2.28. The zero-order valence-electron chi connectivity index (χ0n) is 12.4. The van der Waals surface area contributed by atoms with Gasteiger partial charge in [0.1, 0.15) is 0 Å². The van der Waals surface area contributed by atoms with Crippen LogP contribution in [0.4, 0.5) is 0 Å². The molecular formula is C15H20N4O2S. The van der Waals surface area contributed by atoms with Gasteiger partial charge in [-0.2, -0.15) is 15.0 Å². The van der Waals surface area contributed by atoms with Gasteiger partial charge >= 0.3 is 0 Å². The van der Waals surface area contributed by atoms with Crippen molar-refractivity contribution in [3.63, 3.8) is 0 Å². The third kappa shape index (κ3) is 3.53. The van der Waals surface area contributed by atoms with Gasteiger partial charge in [-0.05, 0) is 24.8 Å². The maximum atomic E-state index is 12.4. The van der Waals surface area contributed by atoms with Crippen molar-refractivity contribution in [3.8, 4) is 0 Å². The van der Waals surface area contributed by atoms with Gasteiger partial charge in [0.05, 0.1) is 24.2 Å². The summed E-state index contributed by atoms with van der Waals surface area (Å²) in [4.78, 5) is 1.69. The lowest BCUT2D eigenvalue weighted by molar-refractivity contribution is 0.245. The third-order valence-corrected chi connectivity index (χ3v) is 5.94. The van der Waals surface area contributed by atoms with Crippen LogP contribution >= 0.6 is 0 Å². The topological polar surface area (TPSA) is 68.1 Å². The molecule has 1 aromatic heterocycles. The molecule has 0 N–H and O–H groups in total. The van der Waals surface area contributed by atoms with Crippen LogP contribution in [0.1, 0.15) is 24.4 Å². The Kier molecular flexibility index (Phi) is 4.54. The quantitative estimate of drug-likeness (QED) is 0.837. The SMILES string of the molecule is O=S(=O)(CCc1ccccc1)N1CCC(n2nccn2)CC1. The molecule has 0 unspecified atom stereocenters. The summed E-state index contributed by atoms with van der Waals surface area (Å²) >= 11 is 0. The van der Waals surface area contributed by atoms with Crippen LogP contribution in [0.5, 0.6) is 0 Å². The summed E-state index contributed by atoms with van der Waals surface area (Å²) in [6.07, 6.45) is 5.40. The van der Waals surface area contributed by atoms with Crippen molar-refractivity contribution in [3.05, 3.63) is 48.3 Å². The third-order valence-electron chi connectivity index (χ3n) is 4.07. The molecule has 7 heteroatoms. The second kappa shape index (κ2) is 6.58. The Bertz CT molecular complexity index is 678. The van der Waals surface area contributed by atoms with Gasteiger partial charge in [0.15, 0.2) is 0 Å². The number of sulfonamides is 1. The van der Waals surface area contributed by atoms with E-state index in [0.717, 1.165) is 18.4 Å². The Morgan fingerprint density at radius 1 is 1.05 bits per heavy atom. The summed E-state index contributed by atoms with van der Waals surface area (Å²) in [6, 6.07) is 9.94. The van der Waals surface area contributed by atoms with E-state index in [9.17, 15) is 8.42 Å². The number of aromatic nitrogens is 3. The predicted octanol–water partition coefficient (Wildman–Crippen LogP) is 1.49. The van der Waals surface area contributed by atoms with E-state index in [4.69, 9.17) is 0 Å². The molecular weight excluding hydrogens is 300 g/mol. The number of hydrogen-bond acceptors (Lipinski definition) is 4. The molecule has 6 nitrogen and oxygen atoms in total. The van der Waals surface area contributed by atoms with Gasteiger partial charge < -0.3 is 0 Å². The summed E-state index contributed by atoms with van der Waals surface area (Å²) in [5.74, 6) is 0.168. The molecule has 22 heavy (non-hydrogen) atoms. The predicted molar refractivity (Wildman–Crippen MR) is 83.8 cm³/mol. The van der Waals surface area contributed by atoms with Crippen molar-refractivity contribution in [1.29, 1.82) is 0 Å². The van der Waals surface area contributed by atoms with Crippen LogP contribution in [0.3, 0.4) is 0 Å². The first-order chi connectivity index (χ1) is 10.6. The molecule has 3 rings (SSSR count). The van der Waals surface area contributed by atoms with E-state index in [2.05, 4.69) is 10.2 Å². The Hall–Kier alpha value is -1.73. The summed E-state index contributed by atoms with van der Waals surface area (Å²) in [6.45, 7) is 1.09. The zero-order valence-corrected chi connectivity index (χ0v) is 13.2. The minimum Gasteiger partial charge on any atom is -0.212 e. The average Bonchev–Trinajstić information content (AvgIpc) is 3.09. The van der Waals surface area contributed by atoms with Gasteiger partial charge in [0.25, 0.3) is 0 Å². The smallest absolute Gasteiger partial charge is 0.212 e. The lowest BCUT2D eigenvalue weighted by Gasteiger charge is -2.30. The van der Waals surface area contributed by atoms with E-state index in [-0.39, 0.29) is 11.8 Å². The van der Waals surface area contributed by atoms with Gasteiger partial charge in [-0.3, -0.25) is 0 Å². The van der Waals surface area contributed by atoms with Crippen LogP contribution in [-0.2, 0) is 16.4 Å². The number of hydrogen-bond donors (Lipinski definition) is 0. The molecule has 1 aromatic carbocycles. The van der Waals surface area contributed by atoms with Gasteiger partial charge in [0, 0.05) is 13.1 Å². The van der Waals surface area contributed by atoms with E-state index in [1.165, 1.54) is 0 Å². The molecule has 0 aliphatic carbocycles. The fourth-order valence-corrected chi connectivity index (χ4v) is 4.31. The van der Waals surface area contributed by atoms with Gasteiger partial charge in [-0.25, -0.2) is 12.7 Å². The minimum absolute atomic E-state index is 0.168. The van der Waals surface area contributed by atoms with Crippen LogP contribution in [0.25, 0.3) is 0 Å². The minimum atomic E-state index is -3.19. The number of nitrogens with zero attached hydrogens (tertiary/aromatic N) is 4. The molecule has 2 heterocycles. The molecule has 0 amide bonds. The first-order valence-electron chi connectivity index (χ1n) is 7.53. The molecule has 1 aliphatic heterocycles. The lowest BCUT2D eigenvalue weighted by Crippen LogP contribution is -2.40. The largest absolute Gasteiger partial charge is 0.214 e. The molecule has 0 radical (unpaired) electrons. The van der Waals surface area contributed by atoms with Crippen molar-refractivity contribution < 1.29 is 8.42 Å². The van der Waals surface area contributed by atoms with Crippen LogP contribution < -0.4 is 0 Å². The van der Waals surface area contributed by atoms with Crippen LogP contribution in [0.2, 0.25) is 0 Å². The van der Waals surface area contributed by atoms with Crippen LogP contribution in [-0.4, -0.2) is 46.6 Å². The first kappa shape index (κ1) is 15.2. The van der Waals surface area contributed by atoms with E-state index < -0.39 is 10.0 Å². The molecule has 2 aromatic rings. The van der Waals surface area contributed by atoms with Crippen LogP contribution in [0.15, 0.2) is 42.7 Å². The van der Waals surface area contributed by atoms with Crippen LogP contribution in [0, 0.1) is 0 Å². The van der Waals surface area contributed by atoms with E-state index >= 15 is 0 Å². The number of aryl methyl sites for hydroxylation is 1. The van der Waals surface area contributed by atoms with E-state index in [0.29, 0.717) is 19.5 Å². The molecule has 0 bridgehead atoms. The van der Waals surface area contributed by atoms with Gasteiger partial charge in [-0.1, -0.05) is 30.3 Å². The summed E-state index contributed by atoms with van der Waals surface area (Å²) in [5, 5.41) is 8.28. The highest BCUT2D eigenvalue weighted by atomic mass is 32.2. The lowest BCUT2D eigenvalue weighted by atomic mass is 10.1. The fourth-order valence-electron chi connectivity index (χ4n) is 2.79. The van der Waals surface area contributed by atoms with Crippen molar-refractivity contribution in [2.45, 2.75) is 25.3 Å². The van der Waals surface area contributed by atoms with E-state index in [1.54, 1.807) is 21.5 Å². The second-order valence-electron chi connectivity index (χ2n) is 5.53. The second-order valence-corrected chi connectivity index (χ2v) is 7.62. The molecule has 1 aliphatic rings. The highest BCUT2D eigenvalue weighted by molar-refractivity contribution is 7.89. The Balaban J connectivity index is 1.55. The van der Waals surface area contributed by atoms with Crippen molar-refractivity contribution in [2.75, 3.05) is 18.8 Å². The average molecular weight is 320 g/mol. The first-order valence-corrected chi connectivity index (χ1v) is 9.13. The molecule has 0 atom stereocenters. The zero-order chi connectivity index (χ0) is 15.4. The standard InChI is InChI=1S/C15H20N4O2S/c20-22(21,13-8-14-4-2-1-3-5-14)18-11-6-15(7-12-18)19-16-9-10-17-19/h1-5,9-10,15H,6-8,11-13H2. The maximum Gasteiger partial charge on any atom is 0.214 e. The number of rotatable bonds is 5. The molecule has 1 saturated heterocycles. The highest BCUT2D eigenvalue weighted by Crippen LogP contribution is 2.23. The van der Waals surface area contributed by atoms with Gasteiger partial charge in [0.2, 0.25) is 10.0 Å². The fraction of sp³-hybridized carbons (Fsp3) is 0.467. The number of benzene rings is 1. The summed E-state index contributed by atoms with van der Waals surface area (Å²) in [5.41, 5.74) is 1.06. The number of piperidine rings is 1. The summed E-state index contributed by atoms with van der Waals surface area (Å²) in [7, 11) is -3.19. The van der Waals surface area contributed by atoms with Crippen molar-refractivity contribution in [2.24, 2.45) is 0 Å². The molecule has 1 fully saturated rings. The van der Waals surface area contributed by atoms with Crippen molar-refractivity contribution >= 4 is 10.0 Å². The summed E-state index contributed by atoms with van der Waals surface area (Å²) < 4.78 is 26.5. The van der Waals surface area contributed by atoms with Crippen molar-refractivity contribution in [1.82, 2.24) is 19.3 Å². The monoisotopic (exact) mass is 320 g/mol. The maximum absolute atomic E-state index is 12.4. The van der Waals surface area contributed by atoms with E-state index in [1.807, 2.05) is 30.3 Å². The molecule has 0 spiro atoms. The Morgan fingerprint density at radius 3 is 2.32 bits per heavy atom.